The van der Waals surface area contributed by atoms with Crippen molar-refractivity contribution in [2.24, 2.45) is 5.92 Å². The van der Waals surface area contributed by atoms with E-state index >= 15 is 0 Å². The summed E-state index contributed by atoms with van der Waals surface area (Å²) in [6.45, 7) is 24.8. The van der Waals surface area contributed by atoms with Crippen LogP contribution in [0.2, 0.25) is 36.3 Å². The maximum Gasteiger partial charge on any atom is 0.337 e. The summed E-state index contributed by atoms with van der Waals surface area (Å²) < 4.78 is 19.2. The molecule has 1 rings (SSSR count). The number of hydrogen-bond acceptors (Lipinski definition) is 5. The van der Waals surface area contributed by atoms with Gasteiger partial charge in [-0.05, 0) is 55.5 Å². The molecule has 1 aliphatic carbocycles. The van der Waals surface area contributed by atoms with Gasteiger partial charge in [0.25, 0.3) is 0 Å². The number of aliphatic hydroxyl groups excluding tert-OH is 1. The van der Waals surface area contributed by atoms with E-state index in [-0.39, 0.29) is 34.7 Å². The van der Waals surface area contributed by atoms with Crippen molar-refractivity contribution in [3.05, 3.63) is 23.0 Å². The molecule has 0 aromatic carbocycles. The number of carbonyl (C=O) groups is 1. The van der Waals surface area contributed by atoms with Crippen LogP contribution in [0.1, 0.15) is 87.0 Å². The normalized spacial score (nSPS) is 20.4. The standard InChI is InChI=1S/C28H54O5Si2/c1-13-14-15-17-22(26(30)31-8)25-21(18-16-19-29)23(32-34(9,10)27(2,3)4)20-24(25)33-35(11,12)28(5,6)7/h17,21,23,29H,13-16,18-20H2,1-12H3/b22-17+/t21-,23+/m0/s1. The molecule has 0 saturated heterocycles. The number of allylic oxidation sites excluding steroid dienone is 1. The third-order valence-electron chi connectivity index (χ3n) is 8.22. The molecule has 0 aromatic rings. The molecule has 1 aliphatic rings. The van der Waals surface area contributed by atoms with Gasteiger partial charge in [-0.3, -0.25) is 0 Å². The number of carbonyl (C=O) groups excluding carboxylic acids is 1. The van der Waals surface area contributed by atoms with E-state index < -0.39 is 16.6 Å². The monoisotopic (exact) mass is 526 g/mol. The molecule has 0 spiro atoms. The van der Waals surface area contributed by atoms with Crippen molar-refractivity contribution in [3.8, 4) is 0 Å². The van der Waals surface area contributed by atoms with Crippen molar-refractivity contribution in [3.63, 3.8) is 0 Å². The highest BCUT2D eigenvalue weighted by Crippen LogP contribution is 2.48. The smallest absolute Gasteiger partial charge is 0.337 e. The summed E-state index contributed by atoms with van der Waals surface area (Å²) in [5.41, 5.74) is 1.58. The Kier molecular flexibility index (Phi) is 11.5. The second-order valence-corrected chi connectivity index (χ2v) is 22.5. The minimum absolute atomic E-state index is 0.0111. The van der Waals surface area contributed by atoms with E-state index in [0.29, 0.717) is 18.4 Å². The van der Waals surface area contributed by atoms with Gasteiger partial charge in [0.15, 0.2) is 8.32 Å². The van der Waals surface area contributed by atoms with E-state index in [0.717, 1.165) is 37.0 Å². The summed E-state index contributed by atoms with van der Waals surface area (Å²) in [6, 6.07) is 0. The van der Waals surface area contributed by atoms with Gasteiger partial charge in [0.05, 0.1) is 24.5 Å². The lowest BCUT2D eigenvalue weighted by atomic mass is 9.88. The van der Waals surface area contributed by atoms with Crippen molar-refractivity contribution in [2.75, 3.05) is 13.7 Å². The van der Waals surface area contributed by atoms with Gasteiger partial charge >= 0.3 is 5.97 Å². The van der Waals surface area contributed by atoms with Crippen LogP contribution in [0.4, 0.5) is 0 Å². The van der Waals surface area contributed by atoms with Crippen molar-refractivity contribution in [2.45, 2.75) is 129 Å². The van der Waals surface area contributed by atoms with Crippen LogP contribution in [0.15, 0.2) is 23.0 Å². The number of rotatable bonds is 12. The number of methoxy groups -OCH3 is 1. The number of aliphatic hydroxyl groups is 1. The molecule has 2 atom stereocenters. The molecule has 35 heavy (non-hydrogen) atoms. The quantitative estimate of drug-likeness (QED) is 0.122. The predicted molar refractivity (Wildman–Crippen MR) is 151 cm³/mol. The topological polar surface area (TPSA) is 65.0 Å². The molecular weight excluding hydrogens is 472 g/mol. The Bertz CT molecular complexity index is 769. The van der Waals surface area contributed by atoms with Crippen LogP contribution in [-0.2, 0) is 18.4 Å². The fourth-order valence-electron chi connectivity index (χ4n) is 3.92. The summed E-state index contributed by atoms with van der Waals surface area (Å²) in [5.74, 6) is 0.578. The van der Waals surface area contributed by atoms with Crippen molar-refractivity contribution >= 4 is 22.6 Å². The summed E-state index contributed by atoms with van der Waals surface area (Å²) in [5, 5.41) is 9.81. The molecule has 0 bridgehead atoms. The first-order chi connectivity index (χ1) is 15.9. The van der Waals surface area contributed by atoms with Crippen molar-refractivity contribution in [1.82, 2.24) is 0 Å². The summed E-state index contributed by atoms with van der Waals surface area (Å²) in [6.07, 6.45) is 6.92. The lowest BCUT2D eigenvalue weighted by Gasteiger charge is -2.40. The number of ether oxygens (including phenoxy) is 1. The third-order valence-corrected chi connectivity index (χ3v) is 17.1. The van der Waals surface area contributed by atoms with Gasteiger partial charge in [-0.1, -0.05) is 67.4 Å². The summed E-state index contributed by atoms with van der Waals surface area (Å²) in [7, 11) is -2.78. The van der Waals surface area contributed by atoms with Crippen LogP contribution < -0.4 is 0 Å². The van der Waals surface area contributed by atoms with Gasteiger partial charge in [-0.15, -0.1) is 0 Å². The Labute approximate surface area is 218 Å². The molecule has 1 N–H and O–H groups in total. The largest absolute Gasteiger partial charge is 0.546 e. The van der Waals surface area contributed by atoms with Crippen LogP contribution in [0, 0.1) is 5.92 Å². The van der Waals surface area contributed by atoms with E-state index in [4.69, 9.17) is 13.6 Å². The Morgan fingerprint density at radius 1 is 1.03 bits per heavy atom. The van der Waals surface area contributed by atoms with Gasteiger partial charge in [-0.25, -0.2) is 4.79 Å². The van der Waals surface area contributed by atoms with Crippen LogP contribution in [-0.4, -0.2) is 47.5 Å². The highest BCUT2D eigenvalue weighted by Gasteiger charge is 2.48. The van der Waals surface area contributed by atoms with Crippen LogP contribution in [0.5, 0.6) is 0 Å². The van der Waals surface area contributed by atoms with Gasteiger partial charge in [-0.2, -0.15) is 0 Å². The Hall–Kier alpha value is -0.896. The SMILES string of the molecule is CCCC/C=C(/C(=O)OC)C1=C(O[Si](C)(C)C(C)(C)C)C[C@@H](O[Si](C)(C)C(C)(C)C)[C@@H]1CCCO. The molecule has 204 valence electrons. The maximum absolute atomic E-state index is 13.1. The van der Waals surface area contributed by atoms with Crippen LogP contribution >= 0.6 is 0 Å². The summed E-state index contributed by atoms with van der Waals surface area (Å²) in [4.78, 5) is 13.1. The first-order valence-electron chi connectivity index (χ1n) is 13.4. The highest BCUT2D eigenvalue weighted by molar-refractivity contribution is 6.74. The molecule has 0 amide bonds. The molecule has 0 aliphatic heterocycles. The van der Waals surface area contributed by atoms with Crippen molar-refractivity contribution < 1.29 is 23.5 Å². The van der Waals surface area contributed by atoms with E-state index in [9.17, 15) is 9.90 Å². The number of hydrogen-bond donors (Lipinski definition) is 1. The molecular formula is C28H54O5Si2. The molecule has 0 aromatic heterocycles. The second kappa shape index (κ2) is 12.6. The minimum Gasteiger partial charge on any atom is -0.546 e. The second-order valence-electron chi connectivity index (χ2n) is 13.0. The zero-order valence-electron chi connectivity index (χ0n) is 24.8. The maximum atomic E-state index is 13.1. The number of esters is 1. The van der Waals surface area contributed by atoms with E-state index in [1.54, 1.807) is 0 Å². The van der Waals surface area contributed by atoms with Gasteiger partial charge in [0.1, 0.15) is 0 Å². The fraction of sp³-hybridized carbons (Fsp3) is 0.821. The highest BCUT2D eigenvalue weighted by atomic mass is 28.4. The molecule has 0 saturated carbocycles. The zero-order valence-corrected chi connectivity index (χ0v) is 26.8. The lowest BCUT2D eigenvalue weighted by molar-refractivity contribution is -0.135. The average molecular weight is 527 g/mol. The molecule has 0 fully saturated rings. The van der Waals surface area contributed by atoms with E-state index in [1.165, 1.54) is 7.11 Å². The zero-order chi connectivity index (χ0) is 27.2. The Morgan fingerprint density at radius 3 is 2.06 bits per heavy atom. The van der Waals surface area contributed by atoms with Gasteiger partial charge < -0.3 is 18.7 Å². The van der Waals surface area contributed by atoms with E-state index in [2.05, 4.69) is 74.7 Å². The molecule has 5 nitrogen and oxygen atoms in total. The van der Waals surface area contributed by atoms with Crippen molar-refractivity contribution in [1.29, 1.82) is 0 Å². The third kappa shape index (κ3) is 8.30. The summed E-state index contributed by atoms with van der Waals surface area (Å²) >= 11 is 0. The van der Waals surface area contributed by atoms with E-state index in [1.807, 2.05) is 6.08 Å². The Balaban J connectivity index is 3.70. The molecule has 0 radical (unpaired) electrons. The lowest BCUT2D eigenvalue weighted by Crippen LogP contribution is -2.45. The first-order valence-corrected chi connectivity index (χ1v) is 19.2. The predicted octanol–water partition coefficient (Wildman–Crippen LogP) is 7.73. The Morgan fingerprint density at radius 2 is 1.60 bits per heavy atom. The average Bonchev–Trinajstić information content (AvgIpc) is 3.02. The minimum atomic E-state index is -2.16. The molecule has 7 heteroatoms. The molecule has 0 unspecified atom stereocenters. The fourth-order valence-corrected chi connectivity index (χ4v) is 6.39. The van der Waals surface area contributed by atoms with Crippen LogP contribution in [0.3, 0.4) is 0 Å². The van der Waals surface area contributed by atoms with Crippen LogP contribution in [0.25, 0.3) is 0 Å². The number of unbranched alkanes of at least 4 members (excludes halogenated alkanes) is 2. The van der Waals surface area contributed by atoms with Gasteiger partial charge in [0, 0.05) is 24.5 Å². The molecule has 0 heterocycles. The van der Waals surface area contributed by atoms with Gasteiger partial charge in [0.2, 0.25) is 8.32 Å². The first kappa shape index (κ1) is 32.1.